The van der Waals surface area contributed by atoms with Crippen LogP contribution in [0.4, 0.5) is 0 Å². The molecule has 82 valence electrons. The molecule has 1 saturated carbocycles. The third-order valence-corrected chi connectivity index (χ3v) is 2.85. The van der Waals surface area contributed by atoms with E-state index in [1.54, 1.807) is 0 Å². The molecule has 1 amide bonds. The number of unbranched alkanes of at least 4 members (excludes halogenated alkanes) is 2. The van der Waals surface area contributed by atoms with Gasteiger partial charge in [0.2, 0.25) is 5.91 Å². The molecule has 0 aliphatic heterocycles. The summed E-state index contributed by atoms with van der Waals surface area (Å²) in [4.78, 5) is 11.4. The van der Waals surface area contributed by atoms with E-state index < -0.39 is 0 Å². The van der Waals surface area contributed by atoms with E-state index in [1.165, 1.54) is 0 Å². The lowest BCUT2D eigenvalue weighted by atomic mass is 9.82. The Morgan fingerprint density at radius 1 is 1.36 bits per heavy atom. The van der Waals surface area contributed by atoms with Gasteiger partial charge in [0.05, 0.1) is 0 Å². The number of nitrogens with two attached hydrogens (primary N) is 1. The Bertz CT molecular complexity index is 176. The molecule has 0 atom stereocenters. The average Bonchev–Trinajstić information content (AvgIpc) is 2.10. The normalized spacial score (nSPS) is 25.6. The molecule has 0 aromatic carbocycles. The third kappa shape index (κ3) is 4.09. The van der Waals surface area contributed by atoms with Crippen molar-refractivity contribution >= 4 is 5.91 Å². The van der Waals surface area contributed by atoms with E-state index in [-0.39, 0.29) is 5.91 Å². The summed E-state index contributed by atoms with van der Waals surface area (Å²) < 4.78 is 0. The quantitative estimate of drug-likeness (QED) is 0.634. The molecule has 1 rings (SSSR count). The summed E-state index contributed by atoms with van der Waals surface area (Å²) in [7, 11) is 0. The molecule has 14 heavy (non-hydrogen) atoms. The molecule has 0 aromatic heterocycles. The van der Waals surface area contributed by atoms with Crippen molar-refractivity contribution in [2.45, 2.75) is 51.5 Å². The smallest absolute Gasteiger partial charge is 0.220 e. The Kier molecular flexibility index (Phi) is 4.94. The first-order valence-corrected chi connectivity index (χ1v) is 5.71. The van der Waals surface area contributed by atoms with Crippen LogP contribution in [0.15, 0.2) is 0 Å². The molecule has 0 radical (unpaired) electrons. The Morgan fingerprint density at radius 3 is 2.64 bits per heavy atom. The molecule has 0 aromatic rings. The van der Waals surface area contributed by atoms with Crippen molar-refractivity contribution in [2.24, 2.45) is 11.7 Å². The first-order valence-electron chi connectivity index (χ1n) is 5.71. The highest BCUT2D eigenvalue weighted by Crippen LogP contribution is 2.26. The number of hydrogen-bond donors (Lipinski definition) is 2. The van der Waals surface area contributed by atoms with Gasteiger partial charge < -0.3 is 11.1 Å². The molecule has 1 fully saturated rings. The lowest BCUT2D eigenvalue weighted by molar-refractivity contribution is -0.122. The van der Waals surface area contributed by atoms with E-state index in [9.17, 15) is 4.79 Å². The summed E-state index contributed by atoms with van der Waals surface area (Å²) >= 11 is 0. The minimum atomic E-state index is 0.221. The van der Waals surface area contributed by atoms with Gasteiger partial charge in [-0.3, -0.25) is 4.79 Å². The lowest BCUT2D eigenvalue weighted by Crippen LogP contribution is -2.43. The number of rotatable bonds is 6. The standard InChI is InChI=1S/C11H22N2O/c1-9-7-10(8-9)13-11(14)5-3-2-4-6-12/h9-10H,2-8,12H2,1H3,(H,13,14). The summed E-state index contributed by atoms with van der Waals surface area (Å²) in [5.41, 5.74) is 5.37. The van der Waals surface area contributed by atoms with Gasteiger partial charge in [-0.1, -0.05) is 13.3 Å². The number of amides is 1. The number of nitrogens with one attached hydrogen (secondary N) is 1. The highest BCUT2D eigenvalue weighted by Gasteiger charge is 2.26. The molecule has 1 aliphatic rings. The number of hydrogen-bond acceptors (Lipinski definition) is 2. The van der Waals surface area contributed by atoms with Gasteiger partial charge in [-0.2, -0.15) is 0 Å². The first kappa shape index (κ1) is 11.5. The Labute approximate surface area is 86.4 Å². The average molecular weight is 198 g/mol. The highest BCUT2D eigenvalue weighted by molar-refractivity contribution is 5.76. The van der Waals surface area contributed by atoms with Gasteiger partial charge in [-0.05, 0) is 38.1 Å². The molecule has 1 aliphatic carbocycles. The van der Waals surface area contributed by atoms with E-state index in [0.29, 0.717) is 12.5 Å². The monoisotopic (exact) mass is 198 g/mol. The van der Waals surface area contributed by atoms with E-state index in [4.69, 9.17) is 5.73 Å². The predicted octanol–water partition coefficient (Wildman–Crippen LogP) is 1.42. The molecule has 0 heterocycles. The summed E-state index contributed by atoms with van der Waals surface area (Å²) in [6.45, 7) is 2.96. The molecule has 3 N–H and O–H groups in total. The van der Waals surface area contributed by atoms with Crippen molar-refractivity contribution in [2.75, 3.05) is 6.54 Å². The Balaban J connectivity index is 1.94. The fraction of sp³-hybridized carbons (Fsp3) is 0.909. The van der Waals surface area contributed by atoms with Gasteiger partial charge in [0.15, 0.2) is 0 Å². The van der Waals surface area contributed by atoms with Crippen molar-refractivity contribution in [1.29, 1.82) is 0 Å². The van der Waals surface area contributed by atoms with Crippen LogP contribution in [0.3, 0.4) is 0 Å². The van der Waals surface area contributed by atoms with Crippen LogP contribution in [-0.2, 0) is 4.79 Å². The summed E-state index contributed by atoms with van der Waals surface area (Å²) in [5, 5.41) is 3.05. The second-order valence-electron chi connectivity index (χ2n) is 4.44. The SMILES string of the molecule is CC1CC(NC(=O)CCCCCN)C1. The van der Waals surface area contributed by atoms with Crippen molar-refractivity contribution in [3.05, 3.63) is 0 Å². The molecular weight excluding hydrogens is 176 g/mol. The summed E-state index contributed by atoms with van der Waals surface area (Å²) in [5.74, 6) is 1.02. The van der Waals surface area contributed by atoms with Crippen LogP contribution in [0.25, 0.3) is 0 Å². The van der Waals surface area contributed by atoms with Crippen molar-refractivity contribution in [1.82, 2.24) is 5.32 Å². The molecule has 0 spiro atoms. The minimum absolute atomic E-state index is 0.221. The molecule has 0 saturated heterocycles. The topological polar surface area (TPSA) is 55.1 Å². The largest absolute Gasteiger partial charge is 0.353 e. The zero-order chi connectivity index (χ0) is 10.4. The first-order chi connectivity index (χ1) is 6.72. The van der Waals surface area contributed by atoms with Gasteiger partial charge in [0.1, 0.15) is 0 Å². The lowest BCUT2D eigenvalue weighted by Gasteiger charge is -2.33. The maximum Gasteiger partial charge on any atom is 0.220 e. The van der Waals surface area contributed by atoms with Crippen LogP contribution in [0.1, 0.15) is 45.4 Å². The molecular formula is C11H22N2O. The molecule has 3 nitrogen and oxygen atoms in total. The van der Waals surface area contributed by atoms with Gasteiger partial charge >= 0.3 is 0 Å². The van der Waals surface area contributed by atoms with Gasteiger partial charge in [0, 0.05) is 12.5 Å². The fourth-order valence-corrected chi connectivity index (χ4v) is 1.93. The van der Waals surface area contributed by atoms with Crippen LogP contribution in [0, 0.1) is 5.92 Å². The zero-order valence-corrected chi connectivity index (χ0v) is 9.09. The number of carbonyl (C=O) groups excluding carboxylic acids is 1. The predicted molar refractivity (Wildman–Crippen MR) is 57.9 cm³/mol. The van der Waals surface area contributed by atoms with Crippen LogP contribution in [0.2, 0.25) is 0 Å². The van der Waals surface area contributed by atoms with E-state index in [1.807, 2.05) is 0 Å². The van der Waals surface area contributed by atoms with Crippen LogP contribution >= 0.6 is 0 Å². The Hall–Kier alpha value is -0.570. The Morgan fingerprint density at radius 2 is 2.07 bits per heavy atom. The zero-order valence-electron chi connectivity index (χ0n) is 9.09. The second kappa shape index (κ2) is 6.02. The molecule has 0 unspecified atom stereocenters. The van der Waals surface area contributed by atoms with E-state index >= 15 is 0 Å². The molecule has 0 bridgehead atoms. The maximum absolute atomic E-state index is 11.4. The minimum Gasteiger partial charge on any atom is -0.353 e. The fourth-order valence-electron chi connectivity index (χ4n) is 1.93. The number of carbonyl (C=O) groups is 1. The van der Waals surface area contributed by atoms with Crippen molar-refractivity contribution in [3.8, 4) is 0 Å². The summed E-state index contributed by atoms with van der Waals surface area (Å²) in [6, 6.07) is 0.465. The van der Waals surface area contributed by atoms with Crippen molar-refractivity contribution < 1.29 is 4.79 Å². The van der Waals surface area contributed by atoms with E-state index in [0.717, 1.165) is 44.6 Å². The third-order valence-electron chi connectivity index (χ3n) is 2.85. The van der Waals surface area contributed by atoms with Crippen LogP contribution < -0.4 is 11.1 Å². The maximum atomic E-state index is 11.4. The van der Waals surface area contributed by atoms with Gasteiger partial charge in [0.25, 0.3) is 0 Å². The van der Waals surface area contributed by atoms with Gasteiger partial charge in [-0.15, -0.1) is 0 Å². The van der Waals surface area contributed by atoms with Crippen molar-refractivity contribution in [3.63, 3.8) is 0 Å². The molecule has 3 heteroatoms. The second-order valence-corrected chi connectivity index (χ2v) is 4.44. The van der Waals surface area contributed by atoms with Gasteiger partial charge in [-0.25, -0.2) is 0 Å². The van der Waals surface area contributed by atoms with Crippen LogP contribution in [0.5, 0.6) is 0 Å². The highest BCUT2D eigenvalue weighted by atomic mass is 16.1. The van der Waals surface area contributed by atoms with Crippen LogP contribution in [-0.4, -0.2) is 18.5 Å². The summed E-state index contributed by atoms with van der Waals surface area (Å²) in [6.07, 6.45) is 6.08. The van der Waals surface area contributed by atoms with E-state index in [2.05, 4.69) is 12.2 Å².